The number of likely N-dealkylation sites (tertiary alicyclic amines) is 1. The van der Waals surface area contributed by atoms with Crippen LogP contribution in [0, 0.1) is 5.41 Å². The Bertz CT molecular complexity index is 315. The summed E-state index contributed by atoms with van der Waals surface area (Å²) < 4.78 is 0. The summed E-state index contributed by atoms with van der Waals surface area (Å²) in [4.78, 5) is 2.35. The zero-order valence-corrected chi connectivity index (χ0v) is 12.0. The van der Waals surface area contributed by atoms with Crippen molar-refractivity contribution in [1.82, 2.24) is 4.90 Å². The van der Waals surface area contributed by atoms with Crippen molar-refractivity contribution < 1.29 is 5.11 Å². The van der Waals surface area contributed by atoms with Gasteiger partial charge in [-0.25, -0.2) is 0 Å². The molecule has 1 aliphatic rings. The van der Waals surface area contributed by atoms with Gasteiger partial charge in [-0.15, -0.1) is 0 Å². The third-order valence-corrected chi connectivity index (χ3v) is 3.81. The van der Waals surface area contributed by atoms with Crippen molar-refractivity contribution in [1.29, 1.82) is 0 Å². The molecule has 1 fully saturated rings. The summed E-state index contributed by atoms with van der Waals surface area (Å²) in [6.07, 6.45) is 3.22. The van der Waals surface area contributed by atoms with E-state index in [9.17, 15) is 5.11 Å². The van der Waals surface area contributed by atoms with Gasteiger partial charge in [0.25, 0.3) is 0 Å². The number of benzene rings is 1. The number of aliphatic hydroxyl groups excluding tert-OH is 1. The third kappa shape index (κ3) is 4.11. The van der Waals surface area contributed by atoms with Crippen LogP contribution < -0.4 is 0 Å². The highest BCUT2D eigenvalue weighted by molar-refractivity contribution is 5.17. The Labute approximate surface area is 112 Å². The lowest BCUT2D eigenvalue weighted by Gasteiger charge is -2.39. The number of hydrogen-bond acceptors (Lipinski definition) is 2. The Morgan fingerprint density at radius 1 is 1.11 bits per heavy atom. The zero-order valence-electron chi connectivity index (χ0n) is 12.0. The molecule has 0 saturated carbocycles. The highest BCUT2D eigenvalue weighted by Crippen LogP contribution is 2.34. The molecular formula is C16H27NO. The van der Waals surface area contributed by atoms with E-state index in [4.69, 9.17) is 0 Å². The first-order valence-electron chi connectivity index (χ1n) is 7.07. The molecule has 2 rings (SSSR count). The quantitative estimate of drug-likeness (QED) is 0.890. The number of nitrogens with zero attached hydrogens (tertiary/aromatic N) is 1. The molecule has 1 N–H and O–H groups in total. The Balaban J connectivity index is 0.000000771. The summed E-state index contributed by atoms with van der Waals surface area (Å²) in [5, 5.41) is 9.67. The third-order valence-electron chi connectivity index (χ3n) is 3.81. The van der Waals surface area contributed by atoms with Gasteiger partial charge in [-0.3, -0.25) is 0 Å². The topological polar surface area (TPSA) is 23.5 Å². The molecule has 0 unspecified atom stereocenters. The molecule has 0 atom stereocenters. The van der Waals surface area contributed by atoms with Crippen molar-refractivity contribution >= 4 is 0 Å². The molecule has 1 aliphatic heterocycles. The molecule has 2 heteroatoms. The predicted molar refractivity (Wildman–Crippen MR) is 77.7 cm³/mol. The smallest absolute Gasteiger partial charge is 0.0491 e. The molecule has 1 aromatic carbocycles. The van der Waals surface area contributed by atoms with E-state index in [0.717, 1.165) is 32.4 Å². The first-order chi connectivity index (χ1) is 8.74. The molecule has 0 aromatic heterocycles. The van der Waals surface area contributed by atoms with Crippen LogP contribution in [0.5, 0.6) is 0 Å². The average Bonchev–Trinajstić information content (AvgIpc) is 2.45. The summed E-state index contributed by atoms with van der Waals surface area (Å²) in [5.41, 5.74) is 1.47. The fraction of sp³-hybridized carbons (Fsp3) is 0.625. The predicted octanol–water partition coefficient (Wildman–Crippen LogP) is 2.96. The van der Waals surface area contributed by atoms with Crippen molar-refractivity contribution in [2.24, 2.45) is 5.41 Å². The molecule has 0 radical (unpaired) electrons. The van der Waals surface area contributed by atoms with E-state index < -0.39 is 0 Å². The number of piperidine rings is 1. The largest absolute Gasteiger partial charge is 0.396 e. The van der Waals surface area contributed by atoms with Crippen LogP contribution in [0.1, 0.15) is 32.3 Å². The van der Waals surface area contributed by atoms with E-state index in [1.54, 1.807) is 0 Å². The van der Waals surface area contributed by atoms with Gasteiger partial charge in [0.1, 0.15) is 0 Å². The van der Waals surface area contributed by atoms with Gasteiger partial charge in [0, 0.05) is 6.61 Å². The van der Waals surface area contributed by atoms with Crippen LogP contribution >= 0.6 is 0 Å². The average molecular weight is 249 g/mol. The standard InChI is InChI=1S/C14H21NO.C2H6/c1-15-9-7-14(12-16,8-10-15)11-13-5-3-2-4-6-13;1-2/h2-6,16H,7-12H2,1H3;1-2H3. The zero-order chi connectivity index (χ0) is 13.4. The summed E-state index contributed by atoms with van der Waals surface area (Å²) in [7, 11) is 2.16. The Hall–Kier alpha value is -0.860. The monoisotopic (exact) mass is 249 g/mol. The molecule has 0 bridgehead atoms. The van der Waals surface area contributed by atoms with Crippen LogP contribution in [0.25, 0.3) is 0 Å². The van der Waals surface area contributed by atoms with Crippen LogP contribution in [0.3, 0.4) is 0 Å². The van der Waals surface area contributed by atoms with Gasteiger partial charge in [0.2, 0.25) is 0 Å². The molecule has 0 amide bonds. The van der Waals surface area contributed by atoms with Gasteiger partial charge in [0.05, 0.1) is 0 Å². The van der Waals surface area contributed by atoms with Crippen LogP contribution in [0.2, 0.25) is 0 Å². The van der Waals surface area contributed by atoms with E-state index in [2.05, 4.69) is 36.2 Å². The van der Waals surface area contributed by atoms with E-state index in [0.29, 0.717) is 6.61 Å². The highest BCUT2D eigenvalue weighted by Gasteiger charge is 2.32. The van der Waals surface area contributed by atoms with Crippen LogP contribution in [-0.2, 0) is 6.42 Å². The Morgan fingerprint density at radius 2 is 1.67 bits per heavy atom. The van der Waals surface area contributed by atoms with Crippen molar-refractivity contribution in [3.05, 3.63) is 35.9 Å². The minimum Gasteiger partial charge on any atom is -0.396 e. The Kier molecular flexibility index (Phi) is 6.37. The maximum Gasteiger partial charge on any atom is 0.0491 e. The highest BCUT2D eigenvalue weighted by atomic mass is 16.3. The van der Waals surface area contributed by atoms with Crippen LogP contribution in [0.4, 0.5) is 0 Å². The van der Waals surface area contributed by atoms with Crippen molar-refractivity contribution in [2.75, 3.05) is 26.7 Å². The summed E-state index contributed by atoms with van der Waals surface area (Å²) in [6.45, 7) is 6.52. The van der Waals surface area contributed by atoms with Crippen LogP contribution in [0.15, 0.2) is 30.3 Å². The molecule has 18 heavy (non-hydrogen) atoms. The van der Waals surface area contributed by atoms with Gasteiger partial charge in [0.15, 0.2) is 0 Å². The molecular weight excluding hydrogens is 222 g/mol. The van der Waals surface area contributed by atoms with Crippen molar-refractivity contribution in [3.63, 3.8) is 0 Å². The van der Waals surface area contributed by atoms with Crippen LogP contribution in [-0.4, -0.2) is 36.8 Å². The minimum absolute atomic E-state index is 0.119. The molecule has 0 aliphatic carbocycles. The second-order valence-corrected chi connectivity index (χ2v) is 5.12. The lowest BCUT2D eigenvalue weighted by atomic mass is 9.74. The molecule has 102 valence electrons. The molecule has 2 nitrogen and oxygen atoms in total. The first kappa shape index (κ1) is 15.2. The fourth-order valence-corrected chi connectivity index (χ4v) is 2.51. The molecule has 1 aromatic rings. The van der Waals surface area contributed by atoms with E-state index in [1.807, 2.05) is 19.9 Å². The molecule has 0 spiro atoms. The normalized spacial score (nSPS) is 18.9. The van der Waals surface area contributed by atoms with Crippen molar-refractivity contribution in [2.45, 2.75) is 33.1 Å². The maximum absolute atomic E-state index is 9.67. The number of hydrogen-bond donors (Lipinski definition) is 1. The first-order valence-corrected chi connectivity index (χ1v) is 7.07. The van der Waals surface area contributed by atoms with E-state index in [1.165, 1.54) is 5.56 Å². The maximum atomic E-state index is 9.67. The molecule has 1 saturated heterocycles. The summed E-state index contributed by atoms with van der Waals surface area (Å²) in [5.74, 6) is 0. The van der Waals surface area contributed by atoms with Gasteiger partial charge in [-0.05, 0) is 50.4 Å². The number of aliphatic hydroxyl groups is 1. The second kappa shape index (κ2) is 7.55. The lowest BCUT2D eigenvalue weighted by molar-refractivity contribution is 0.0533. The van der Waals surface area contributed by atoms with E-state index >= 15 is 0 Å². The molecule has 1 heterocycles. The van der Waals surface area contributed by atoms with E-state index in [-0.39, 0.29) is 5.41 Å². The fourth-order valence-electron chi connectivity index (χ4n) is 2.51. The van der Waals surface area contributed by atoms with Gasteiger partial charge in [-0.1, -0.05) is 44.2 Å². The van der Waals surface area contributed by atoms with Gasteiger partial charge >= 0.3 is 0 Å². The number of rotatable bonds is 3. The second-order valence-electron chi connectivity index (χ2n) is 5.12. The minimum atomic E-state index is 0.119. The lowest BCUT2D eigenvalue weighted by Crippen LogP contribution is -2.41. The van der Waals surface area contributed by atoms with Crippen molar-refractivity contribution in [3.8, 4) is 0 Å². The van der Waals surface area contributed by atoms with Gasteiger partial charge < -0.3 is 10.0 Å². The Morgan fingerprint density at radius 3 is 2.17 bits per heavy atom. The van der Waals surface area contributed by atoms with Gasteiger partial charge in [-0.2, -0.15) is 0 Å². The SMILES string of the molecule is CC.CN1CCC(CO)(Cc2ccccc2)CC1. The summed E-state index contributed by atoms with van der Waals surface area (Å²) in [6, 6.07) is 10.5. The summed E-state index contributed by atoms with van der Waals surface area (Å²) >= 11 is 0.